The molecule has 1 aromatic carbocycles. The third kappa shape index (κ3) is 7.21. The number of carbonyl (C=O) groups is 1. The largest absolute Gasteiger partial charge is 0.493 e. The predicted molar refractivity (Wildman–Crippen MR) is 121 cm³/mol. The van der Waals surface area contributed by atoms with Crippen LogP contribution in [0.3, 0.4) is 0 Å². The molecule has 0 aromatic heterocycles. The minimum atomic E-state index is -0.436. The molecule has 5 nitrogen and oxygen atoms in total. The zero-order valence-electron chi connectivity index (χ0n) is 16.0. The van der Waals surface area contributed by atoms with Gasteiger partial charge in [0.25, 0.3) is 0 Å². The number of halogens is 2. The van der Waals surface area contributed by atoms with Crippen LogP contribution in [0.1, 0.15) is 37.8 Å². The summed E-state index contributed by atoms with van der Waals surface area (Å²) < 4.78 is 12.7. The molecule has 0 spiro atoms. The number of methoxy groups -OCH3 is 1. The number of esters is 1. The van der Waals surface area contributed by atoms with Gasteiger partial charge in [0, 0.05) is 13.4 Å². The molecule has 0 fully saturated rings. The molecule has 7 heteroatoms. The Labute approximate surface area is 183 Å². The molecule has 0 aliphatic heterocycles. The van der Waals surface area contributed by atoms with E-state index < -0.39 is 5.97 Å². The van der Waals surface area contributed by atoms with Gasteiger partial charge in [0.1, 0.15) is 5.75 Å². The zero-order valence-corrected chi connectivity index (χ0v) is 20.3. The summed E-state index contributed by atoms with van der Waals surface area (Å²) in [4.78, 5) is 16.2. The molecule has 0 radical (unpaired) electrons. The third-order valence-corrected chi connectivity index (χ3v) is 7.21. The van der Waals surface area contributed by atoms with Gasteiger partial charge >= 0.3 is 5.97 Å². The van der Waals surface area contributed by atoms with Crippen molar-refractivity contribution in [2.75, 3.05) is 24.8 Å². The van der Waals surface area contributed by atoms with Crippen LogP contribution in [0.2, 0.25) is 0 Å². The molecule has 1 aromatic rings. The topological polar surface area (TPSA) is 57.1 Å². The molecular weight excluding hydrogens is 560 g/mol. The van der Waals surface area contributed by atoms with Crippen molar-refractivity contribution in [1.29, 1.82) is 0 Å². The lowest BCUT2D eigenvalue weighted by Gasteiger charge is -2.27. The Hall–Kier alpha value is -0.580. The van der Waals surface area contributed by atoms with E-state index in [0.29, 0.717) is 6.61 Å². The van der Waals surface area contributed by atoms with E-state index in [-0.39, 0.29) is 12.0 Å². The van der Waals surface area contributed by atoms with E-state index in [1.807, 2.05) is 6.92 Å². The van der Waals surface area contributed by atoms with Gasteiger partial charge in [-0.3, -0.25) is 0 Å². The number of rotatable bonds is 10. The van der Waals surface area contributed by atoms with E-state index in [9.17, 15) is 4.79 Å². The molecule has 0 bridgehead atoms. The number of hydrogen-bond donors (Lipinski definition) is 0. The molecule has 0 amide bonds. The molecule has 0 N–H and O–H groups in total. The Kier molecular flexibility index (Phi) is 10.2. The van der Waals surface area contributed by atoms with Crippen LogP contribution < -0.4 is 4.74 Å². The van der Waals surface area contributed by atoms with E-state index in [4.69, 9.17) is 9.57 Å². The maximum absolute atomic E-state index is 11.1. The molecule has 0 saturated heterocycles. The van der Waals surface area contributed by atoms with Crippen molar-refractivity contribution >= 4 is 56.9 Å². The lowest BCUT2D eigenvalue weighted by atomic mass is 9.83. The minimum absolute atomic E-state index is 0.100. The number of nitrogens with zero attached hydrogens (tertiary/aromatic N) is 1. The van der Waals surface area contributed by atoms with Gasteiger partial charge in [0.15, 0.2) is 0 Å². The van der Waals surface area contributed by atoms with Gasteiger partial charge in [-0.25, -0.2) is 4.79 Å². The number of oxime groups is 1. The second kappa shape index (κ2) is 11.3. The number of hydrogen-bond acceptors (Lipinski definition) is 5. The summed E-state index contributed by atoms with van der Waals surface area (Å²) in [5, 5.41) is 4.10. The van der Waals surface area contributed by atoms with Crippen molar-refractivity contribution in [3.8, 4) is 5.75 Å². The summed E-state index contributed by atoms with van der Waals surface area (Å²) in [6.45, 7) is 8.74. The van der Waals surface area contributed by atoms with E-state index >= 15 is 0 Å². The van der Waals surface area contributed by atoms with Crippen LogP contribution >= 0.6 is 45.2 Å². The molecule has 0 aliphatic rings. The monoisotopic (exact) mass is 587 g/mol. The summed E-state index contributed by atoms with van der Waals surface area (Å²) >= 11 is 4.70. The highest BCUT2D eigenvalue weighted by Crippen LogP contribution is 2.29. The van der Waals surface area contributed by atoms with Crippen molar-refractivity contribution in [2.45, 2.75) is 40.5 Å². The first kappa shape index (κ1) is 23.5. The van der Waals surface area contributed by atoms with Crippen molar-refractivity contribution in [3.05, 3.63) is 26.8 Å². The maximum Gasteiger partial charge on any atom is 0.346 e. The average molecular weight is 587 g/mol. The predicted octanol–water partition coefficient (Wildman–Crippen LogP) is 5.07. The molecule has 1 rings (SSSR count). The van der Waals surface area contributed by atoms with E-state index in [1.165, 1.54) is 16.2 Å². The van der Waals surface area contributed by atoms with Crippen molar-refractivity contribution in [1.82, 2.24) is 0 Å². The third-order valence-electron chi connectivity index (χ3n) is 4.37. The number of aryl methyl sites for hydroxylation is 2. The van der Waals surface area contributed by atoms with E-state index in [1.54, 1.807) is 0 Å². The number of carbonyl (C=O) groups excluding carboxylic acids is 1. The number of ether oxygens (including phenoxy) is 2. The van der Waals surface area contributed by atoms with E-state index in [0.717, 1.165) is 34.3 Å². The van der Waals surface area contributed by atoms with Gasteiger partial charge in [0.2, 0.25) is 6.61 Å². The first-order chi connectivity index (χ1) is 12.2. The van der Waals surface area contributed by atoms with Crippen molar-refractivity contribution in [2.24, 2.45) is 10.6 Å². The smallest absolute Gasteiger partial charge is 0.346 e. The minimum Gasteiger partial charge on any atom is -0.493 e. The Balaban J connectivity index is 2.56. The first-order valence-corrected chi connectivity index (χ1v) is 11.0. The first-order valence-electron chi connectivity index (χ1n) is 8.43. The fraction of sp³-hybridized carbons (Fsp3) is 0.579. The Morgan fingerprint density at radius 1 is 1.27 bits per heavy atom. The normalized spacial score (nSPS) is 13.9. The standard InChI is InChI=1S/C19H27I2NO4/c1-13-10-17(14(2)9-16(13)21)25-8-6-7-19(4,12-20)15(3)22-26-11-18(23)24-5/h9-10H,6-8,11-12H2,1-5H3/b22-15+. The number of benzene rings is 1. The highest BCUT2D eigenvalue weighted by Gasteiger charge is 2.27. The van der Waals surface area contributed by atoms with Crippen LogP contribution in [-0.4, -0.2) is 36.4 Å². The van der Waals surface area contributed by atoms with Crippen LogP contribution in [0.25, 0.3) is 0 Å². The van der Waals surface area contributed by atoms with Crippen LogP contribution in [-0.2, 0) is 14.4 Å². The molecule has 1 atom stereocenters. The summed E-state index contributed by atoms with van der Waals surface area (Å²) in [6.07, 6.45) is 1.84. The molecule has 0 saturated carbocycles. The summed E-state index contributed by atoms with van der Waals surface area (Å²) in [7, 11) is 1.33. The quantitative estimate of drug-likeness (QED) is 0.0959. The second-order valence-electron chi connectivity index (χ2n) is 6.54. The fourth-order valence-corrected chi connectivity index (χ4v) is 3.81. The average Bonchev–Trinajstić information content (AvgIpc) is 2.62. The molecule has 0 heterocycles. The van der Waals surface area contributed by atoms with Gasteiger partial charge in [-0.2, -0.15) is 0 Å². The van der Waals surface area contributed by atoms with Gasteiger partial charge < -0.3 is 14.3 Å². The molecule has 0 aliphatic carbocycles. The Morgan fingerprint density at radius 3 is 2.58 bits per heavy atom. The Morgan fingerprint density at radius 2 is 1.96 bits per heavy atom. The van der Waals surface area contributed by atoms with Crippen molar-refractivity contribution < 1.29 is 19.1 Å². The molecule has 1 unspecified atom stereocenters. The molecular formula is C19H27I2NO4. The summed E-state index contributed by atoms with van der Waals surface area (Å²) in [6, 6.07) is 4.25. The highest BCUT2D eigenvalue weighted by molar-refractivity contribution is 14.1. The fourth-order valence-electron chi connectivity index (χ4n) is 2.25. The van der Waals surface area contributed by atoms with E-state index in [2.05, 4.69) is 88.0 Å². The van der Waals surface area contributed by atoms with Gasteiger partial charge in [0.05, 0.1) is 19.4 Å². The van der Waals surface area contributed by atoms with Crippen LogP contribution in [0.5, 0.6) is 5.75 Å². The summed E-state index contributed by atoms with van der Waals surface area (Å²) in [5.41, 5.74) is 3.16. The lowest BCUT2D eigenvalue weighted by molar-refractivity contribution is -0.145. The van der Waals surface area contributed by atoms with Gasteiger partial charge in [-0.05, 0) is 79.5 Å². The van der Waals surface area contributed by atoms with Crippen molar-refractivity contribution in [3.63, 3.8) is 0 Å². The van der Waals surface area contributed by atoms with Gasteiger partial charge in [-0.15, -0.1) is 0 Å². The summed E-state index contributed by atoms with van der Waals surface area (Å²) in [5.74, 6) is 0.514. The molecule has 26 heavy (non-hydrogen) atoms. The second-order valence-corrected chi connectivity index (χ2v) is 8.46. The Bertz CT molecular complexity index is 649. The van der Waals surface area contributed by atoms with Crippen LogP contribution in [0, 0.1) is 22.8 Å². The highest BCUT2D eigenvalue weighted by atomic mass is 127. The van der Waals surface area contributed by atoms with Crippen LogP contribution in [0.4, 0.5) is 0 Å². The lowest BCUT2D eigenvalue weighted by Crippen LogP contribution is -2.28. The number of alkyl halides is 1. The van der Waals surface area contributed by atoms with Crippen LogP contribution in [0.15, 0.2) is 17.3 Å². The van der Waals surface area contributed by atoms with Gasteiger partial charge in [-0.1, -0.05) is 34.7 Å². The molecule has 146 valence electrons. The zero-order chi connectivity index (χ0) is 19.7. The SMILES string of the molecule is COC(=O)CO/N=C(\C)C(C)(CI)CCCOc1cc(C)c(I)cc1C. The maximum atomic E-state index is 11.1.